The normalized spacial score (nSPS) is 16.7. The van der Waals surface area contributed by atoms with Gasteiger partial charge in [0.05, 0.1) is 12.6 Å². The predicted molar refractivity (Wildman–Crippen MR) is 117 cm³/mol. The molecule has 0 bridgehead atoms. The number of piperazine rings is 1. The number of benzene rings is 1. The molecule has 0 unspecified atom stereocenters. The lowest BCUT2D eigenvalue weighted by Gasteiger charge is -2.34. The van der Waals surface area contributed by atoms with E-state index < -0.39 is 0 Å². The van der Waals surface area contributed by atoms with Crippen LogP contribution in [0.25, 0.3) is 0 Å². The largest absolute Gasteiger partial charge is 0.343 e. The van der Waals surface area contributed by atoms with E-state index in [0.29, 0.717) is 6.54 Å². The first-order chi connectivity index (χ1) is 13.8. The van der Waals surface area contributed by atoms with Gasteiger partial charge in [-0.3, -0.25) is 14.6 Å². The highest BCUT2D eigenvalue weighted by atomic mass is 32.1. The Hall–Kier alpha value is -1.99. The van der Waals surface area contributed by atoms with Crippen molar-refractivity contribution in [1.29, 1.82) is 0 Å². The quantitative estimate of drug-likeness (QED) is 0.642. The number of carbonyl (C=O) groups excluding carboxylic acids is 1. The zero-order chi connectivity index (χ0) is 19.2. The Morgan fingerprint density at radius 3 is 2.29 bits per heavy atom. The fourth-order valence-electron chi connectivity index (χ4n) is 3.56. The minimum Gasteiger partial charge on any atom is -0.343 e. The molecule has 4 rings (SSSR count). The number of hydrogen-bond donors (Lipinski definition) is 1. The number of carbonyl (C=O) groups is 1. The van der Waals surface area contributed by atoms with E-state index in [1.165, 1.54) is 9.75 Å². The summed E-state index contributed by atoms with van der Waals surface area (Å²) in [6.45, 7) is 5.38. The van der Waals surface area contributed by atoms with Gasteiger partial charge in [-0.1, -0.05) is 42.5 Å². The Balaban J connectivity index is 1.31. The second kappa shape index (κ2) is 9.47. The molecule has 3 aromatic rings. The summed E-state index contributed by atoms with van der Waals surface area (Å²) in [4.78, 5) is 20.1. The Labute approximate surface area is 174 Å². The Morgan fingerprint density at radius 1 is 0.893 bits per heavy atom. The van der Waals surface area contributed by atoms with Crippen molar-refractivity contribution in [2.45, 2.75) is 12.6 Å². The summed E-state index contributed by atoms with van der Waals surface area (Å²) in [5.41, 5.74) is 1.12. The molecule has 1 aliphatic rings. The molecule has 1 N–H and O–H groups in total. The number of nitrogens with one attached hydrogen (secondary N) is 1. The van der Waals surface area contributed by atoms with Gasteiger partial charge in [0.2, 0.25) is 5.91 Å². The standard InChI is InChI=1S/C22H25N3OS2/c26-21(17-25-12-10-24(11-13-25)16-19-8-4-14-27-19)23-22(20-9-5-15-28-20)18-6-2-1-3-7-18/h1-9,14-15,22H,10-13,16-17H2,(H,23,26)/t22-/m0/s1. The van der Waals surface area contributed by atoms with Crippen molar-refractivity contribution in [3.05, 3.63) is 80.7 Å². The minimum atomic E-state index is -0.0752. The van der Waals surface area contributed by atoms with Gasteiger partial charge >= 0.3 is 0 Å². The van der Waals surface area contributed by atoms with Gasteiger partial charge in [0, 0.05) is 42.5 Å². The van der Waals surface area contributed by atoms with Gasteiger partial charge in [0.15, 0.2) is 0 Å². The first-order valence-corrected chi connectivity index (χ1v) is 11.4. The zero-order valence-electron chi connectivity index (χ0n) is 15.8. The highest BCUT2D eigenvalue weighted by Gasteiger charge is 2.22. The van der Waals surface area contributed by atoms with E-state index in [1.807, 2.05) is 35.6 Å². The fourth-order valence-corrected chi connectivity index (χ4v) is 5.11. The van der Waals surface area contributed by atoms with Crippen molar-refractivity contribution in [3.63, 3.8) is 0 Å². The van der Waals surface area contributed by atoms with Crippen LogP contribution in [-0.2, 0) is 11.3 Å². The number of thiophene rings is 2. The van der Waals surface area contributed by atoms with Crippen LogP contribution in [0.3, 0.4) is 0 Å². The smallest absolute Gasteiger partial charge is 0.234 e. The molecule has 3 heterocycles. The summed E-state index contributed by atoms with van der Waals surface area (Å²) < 4.78 is 0. The van der Waals surface area contributed by atoms with E-state index in [0.717, 1.165) is 38.3 Å². The van der Waals surface area contributed by atoms with Crippen LogP contribution in [0.1, 0.15) is 21.4 Å². The third-order valence-electron chi connectivity index (χ3n) is 5.06. The van der Waals surface area contributed by atoms with Crippen LogP contribution < -0.4 is 5.32 Å². The van der Waals surface area contributed by atoms with E-state index in [1.54, 1.807) is 11.3 Å². The van der Waals surface area contributed by atoms with Crippen molar-refractivity contribution in [2.24, 2.45) is 0 Å². The lowest BCUT2D eigenvalue weighted by atomic mass is 10.1. The van der Waals surface area contributed by atoms with E-state index in [9.17, 15) is 4.79 Å². The molecule has 1 aliphatic heterocycles. The molecular weight excluding hydrogens is 386 g/mol. The molecule has 1 atom stereocenters. The minimum absolute atomic E-state index is 0.0752. The molecule has 0 spiro atoms. The van der Waals surface area contributed by atoms with Crippen LogP contribution in [0, 0.1) is 0 Å². The van der Waals surface area contributed by atoms with Gasteiger partial charge in [-0.2, -0.15) is 0 Å². The molecule has 0 saturated carbocycles. The van der Waals surface area contributed by atoms with Crippen molar-refractivity contribution >= 4 is 28.6 Å². The molecule has 1 fully saturated rings. The van der Waals surface area contributed by atoms with E-state index in [-0.39, 0.29) is 11.9 Å². The monoisotopic (exact) mass is 411 g/mol. The lowest BCUT2D eigenvalue weighted by Crippen LogP contribution is -2.49. The summed E-state index contributed by atoms with van der Waals surface area (Å²) in [5, 5.41) is 7.44. The number of nitrogens with zero attached hydrogens (tertiary/aromatic N) is 2. The molecule has 4 nitrogen and oxygen atoms in total. The van der Waals surface area contributed by atoms with Crippen LogP contribution in [0.15, 0.2) is 65.4 Å². The number of amides is 1. The van der Waals surface area contributed by atoms with Crippen LogP contribution in [0.4, 0.5) is 0 Å². The SMILES string of the molecule is O=C(CN1CCN(Cc2cccs2)CC1)N[C@@H](c1ccccc1)c1cccs1. The van der Waals surface area contributed by atoms with Gasteiger partial charge < -0.3 is 5.32 Å². The molecule has 1 saturated heterocycles. The average molecular weight is 412 g/mol. The third kappa shape index (κ3) is 5.08. The third-order valence-corrected chi connectivity index (χ3v) is 6.86. The van der Waals surface area contributed by atoms with Gasteiger partial charge in [0.1, 0.15) is 0 Å². The van der Waals surface area contributed by atoms with Crippen molar-refractivity contribution in [2.75, 3.05) is 32.7 Å². The van der Waals surface area contributed by atoms with Crippen LogP contribution in [0.2, 0.25) is 0 Å². The second-order valence-corrected chi connectivity index (χ2v) is 9.07. The first-order valence-electron chi connectivity index (χ1n) is 9.63. The highest BCUT2D eigenvalue weighted by Crippen LogP contribution is 2.25. The van der Waals surface area contributed by atoms with Gasteiger partial charge in [-0.15, -0.1) is 22.7 Å². The topological polar surface area (TPSA) is 35.6 Å². The molecule has 2 aromatic heterocycles. The summed E-state index contributed by atoms with van der Waals surface area (Å²) in [6.07, 6.45) is 0. The van der Waals surface area contributed by atoms with Crippen molar-refractivity contribution < 1.29 is 4.79 Å². The van der Waals surface area contributed by atoms with E-state index in [4.69, 9.17) is 0 Å². The van der Waals surface area contributed by atoms with Crippen LogP contribution >= 0.6 is 22.7 Å². The predicted octanol–water partition coefficient (Wildman–Crippen LogP) is 3.83. The zero-order valence-corrected chi connectivity index (χ0v) is 17.4. The van der Waals surface area contributed by atoms with E-state index >= 15 is 0 Å². The molecule has 0 aliphatic carbocycles. The Kier molecular flexibility index (Phi) is 6.54. The number of rotatable bonds is 7. The van der Waals surface area contributed by atoms with Gasteiger partial charge in [-0.05, 0) is 28.5 Å². The van der Waals surface area contributed by atoms with Crippen LogP contribution in [-0.4, -0.2) is 48.4 Å². The van der Waals surface area contributed by atoms with Gasteiger partial charge in [-0.25, -0.2) is 0 Å². The lowest BCUT2D eigenvalue weighted by molar-refractivity contribution is -0.123. The Morgan fingerprint density at radius 2 is 1.61 bits per heavy atom. The summed E-state index contributed by atoms with van der Waals surface area (Å²) in [6, 6.07) is 18.6. The maximum atomic E-state index is 12.8. The molecule has 146 valence electrons. The molecular formula is C22H25N3OS2. The second-order valence-electron chi connectivity index (χ2n) is 7.06. The summed E-state index contributed by atoms with van der Waals surface area (Å²) in [5.74, 6) is 0.0916. The Bertz CT molecular complexity index is 841. The first kappa shape index (κ1) is 19.3. The fraction of sp³-hybridized carbons (Fsp3) is 0.318. The molecule has 1 amide bonds. The summed E-state index contributed by atoms with van der Waals surface area (Å²) in [7, 11) is 0. The maximum Gasteiger partial charge on any atom is 0.234 e. The van der Waals surface area contributed by atoms with Crippen molar-refractivity contribution in [3.8, 4) is 0 Å². The highest BCUT2D eigenvalue weighted by molar-refractivity contribution is 7.10. The molecule has 28 heavy (non-hydrogen) atoms. The van der Waals surface area contributed by atoms with Crippen molar-refractivity contribution in [1.82, 2.24) is 15.1 Å². The average Bonchev–Trinajstić information content (AvgIpc) is 3.43. The van der Waals surface area contributed by atoms with Gasteiger partial charge in [0.25, 0.3) is 0 Å². The molecule has 6 heteroatoms. The van der Waals surface area contributed by atoms with E-state index in [2.05, 4.69) is 56.2 Å². The summed E-state index contributed by atoms with van der Waals surface area (Å²) >= 11 is 3.49. The maximum absolute atomic E-state index is 12.8. The number of hydrogen-bond acceptors (Lipinski definition) is 5. The van der Waals surface area contributed by atoms with Crippen LogP contribution in [0.5, 0.6) is 0 Å². The molecule has 1 aromatic carbocycles. The molecule has 0 radical (unpaired) electrons.